The molecule has 6 atom stereocenters. The zero-order valence-corrected chi connectivity index (χ0v) is 27.5. The third-order valence-electron chi connectivity index (χ3n) is 9.62. The highest BCUT2D eigenvalue weighted by Crippen LogP contribution is 2.61. The molecule has 8 nitrogen and oxygen atoms in total. The molecule has 0 bridgehead atoms. The van der Waals surface area contributed by atoms with Gasteiger partial charge in [-0.2, -0.15) is 0 Å². The number of hydrogen-bond acceptors (Lipinski definition) is 6. The molecule has 0 radical (unpaired) electrons. The van der Waals surface area contributed by atoms with Gasteiger partial charge in [0, 0.05) is 24.0 Å². The summed E-state index contributed by atoms with van der Waals surface area (Å²) in [7, 11) is 0. The third-order valence-corrected chi connectivity index (χ3v) is 11.7. The van der Waals surface area contributed by atoms with Gasteiger partial charge in [-0.05, 0) is 55.3 Å². The number of benzene rings is 3. The molecule has 3 amide bonds. The Labute approximate surface area is 283 Å². The highest BCUT2D eigenvalue weighted by Gasteiger charge is 2.71. The minimum Gasteiger partial charge on any atom is -0.494 e. The number of fused-ring (bicyclic) bond motifs is 2. The SMILES string of the molecule is CCOc1ccc(N2CC=C[C@@H]3S[C@]45C=CCN(c6ccccc6Cl)C(=O)C4N([C@@H](CO)Cc4ccccc4)C(=O)[C@@H]5[C@@H]3C2=O)cc1. The zero-order chi connectivity index (χ0) is 32.7. The first-order valence-electron chi connectivity index (χ1n) is 16.0. The van der Waals surface area contributed by atoms with Crippen molar-refractivity contribution in [2.75, 3.05) is 36.1 Å². The standard InChI is InChI=1S/C37H36ClN3O5S/c1-2-46-27-17-15-25(16-18-27)39-20-8-14-30-31(34(39)43)32-35(44)41(26(23-42)22-24-10-4-3-5-11-24)33-36(45)40(21-9-19-37(32,33)47-30)29-13-7-6-12-28(29)38/h3-19,26,30-33,42H,2,20-23H2,1H3/t26-,30+,31-,32+,33?,37+/m1/s1. The van der Waals surface area contributed by atoms with E-state index in [9.17, 15) is 19.5 Å². The number of carbonyl (C=O) groups excluding carboxylic acids is 3. The predicted molar refractivity (Wildman–Crippen MR) is 185 cm³/mol. The number of aliphatic hydroxyl groups is 1. The van der Waals surface area contributed by atoms with Gasteiger partial charge in [-0.25, -0.2) is 0 Å². The van der Waals surface area contributed by atoms with Crippen molar-refractivity contribution in [1.29, 1.82) is 0 Å². The summed E-state index contributed by atoms with van der Waals surface area (Å²) in [5.74, 6) is -1.56. The van der Waals surface area contributed by atoms with E-state index in [-0.39, 0.29) is 36.1 Å². The molecule has 1 N–H and O–H groups in total. The molecule has 0 aliphatic carbocycles. The van der Waals surface area contributed by atoms with E-state index < -0.39 is 28.7 Å². The van der Waals surface area contributed by atoms with Crippen molar-refractivity contribution < 1.29 is 24.2 Å². The second-order valence-electron chi connectivity index (χ2n) is 12.2. The number of likely N-dealkylation sites (tertiary alicyclic amines) is 1. The largest absolute Gasteiger partial charge is 0.494 e. The van der Waals surface area contributed by atoms with Crippen LogP contribution in [0.4, 0.5) is 11.4 Å². The molecule has 2 fully saturated rings. The van der Waals surface area contributed by atoms with Crippen LogP contribution in [0, 0.1) is 11.8 Å². The van der Waals surface area contributed by atoms with Crippen molar-refractivity contribution in [3.8, 4) is 5.75 Å². The maximum atomic E-state index is 14.9. The number of nitrogens with zero attached hydrogens (tertiary/aromatic N) is 3. The van der Waals surface area contributed by atoms with E-state index in [0.29, 0.717) is 41.7 Å². The summed E-state index contributed by atoms with van der Waals surface area (Å²) in [4.78, 5) is 49.4. The Kier molecular flexibility index (Phi) is 8.63. The van der Waals surface area contributed by atoms with Crippen molar-refractivity contribution in [3.05, 3.63) is 114 Å². The second kappa shape index (κ2) is 12.9. The molecule has 242 valence electrons. The summed E-state index contributed by atoms with van der Waals surface area (Å²) in [5.41, 5.74) is 2.20. The van der Waals surface area contributed by atoms with Crippen LogP contribution in [-0.2, 0) is 20.8 Å². The molecule has 4 aliphatic rings. The lowest BCUT2D eigenvalue weighted by molar-refractivity contribution is -0.141. The van der Waals surface area contributed by atoms with Gasteiger partial charge in [-0.3, -0.25) is 14.4 Å². The number of hydrogen-bond donors (Lipinski definition) is 1. The Morgan fingerprint density at radius 2 is 1.64 bits per heavy atom. The minimum atomic E-state index is -1.04. The molecule has 4 heterocycles. The number of anilines is 2. The number of thioether (sulfide) groups is 1. The molecule has 1 unspecified atom stereocenters. The van der Waals surface area contributed by atoms with Crippen molar-refractivity contribution in [3.63, 3.8) is 0 Å². The van der Waals surface area contributed by atoms with Crippen LogP contribution in [0.2, 0.25) is 5.02 Å². The fraction of sp³-hybridized carbons (Fsp3) is 0.324. The Morgan fingerprint density at radius 1 is 0.915 bits per heavy atom. The van der Waals surface area contributed by atoms with Gasteiger partial charge in [0.2, 0.25) is 11.8 Å². The maximum Gasteiger partial charge on any atom is 0.251 e. The van der Waals surface area contributed by atoms with Crippen molar-refractivity contribution in [2.24, 2.45) is 11.8 Å². The number of rotatable bonds is 8. The number of amides is 3. The van der Waals surface area contributed by atoms with Gasteiger partial charge in [0.25, 0.3) is 5.91 Å². The summed E-state index contributed by atoms with van der Waals surface area (Å²) >= 11 is 8.13. The topological polar surface area (TPSA) is 90.4 Å². The average Bonchev–Trinajstić information content (AvgIpc) is 3.40. The quantitative estimate of drug-likeness (QED) is 0.334. The first kappa shape index (κ1) is 31.5. The Hall–Kier alpha value is -4.05. The van der Waals surface area contributed by atoms with E-state index in [1.165, 1.54) is 11.8 Å². The van der Waals surface area contributed by atoms with Gasteiger partial charge in [0.1, 0.15) is 11.8 Å². The molecule has 0 aromatic heterocycles. The number of halogens is 1. The van der Waals surface area contributed by atoms with Crippen LogP contribution >= 0.6 is 23.4 Å². The highest BCUT2D eigenvalue weighted by molar-refractivity contribution is 8.02. The molecule has 3 aromatic rings. The Bertz CT molecular complexity index is 1730. The van der Waals surface area contributed by atoms with Crippen LogP contribution < -0.4 is 14.5 Å². The maximum absolute atomic E-state index is 14.9. The Balaban J connectivity index is 1.32. The van der Waals surface area contributed by atoms with Crippen LogP contribution in [0.15, 0.2) is 103 Å². The smallest absolute Gasteiger partial charge is 0.251 e. The number of carbonyl (C=O) groups is 3. The van der Waals surface area contributed by atoms with E-state index in [0.717, 1.165) is 5.56 Å². The lowest BCUT2D eigenvalue weighted by Crippen LogP contribution is -2.57. The number of para-hydroxylation sites is 1. The van der Waals surface area contributed by atoms with E-state index in [2.05, 4.69) is 0 Å². The van der Waals surface area contributed by atoms with Crippen LogP contribution in [0.5, 0.6) is 5.75 Å². The summed E-state index contributed by atoms with van der Waals surface area (Å²) in [6, 6.07) is 22.6. The van der Waals surface area contributed by atoms with Crippen LogP contribution in [0.1, 0.15) is 12.5 Å². The number of ether oxygens (including phenoxy) is 1. The molecule has 7 rings (SSSR count). The average molecular weight is 670 g/mol. The van der Waals surface area contributed by atoms with Gasteiger partial charge in [0.05, 0.1) is 46.5 Å². The van der Waals surface area contributed by atoms with Crippen LogP contribution in [0.3, 0.4) is 0 Å². The molecule has 0 saturated carbocycles. The predicted octanol–water partition coefficient (Wildman–Crippen LogP) is 5.15. The highest BCUT2D eigenvalue weighted by atomic mass is 35.5. The van der Waals surface area contributed by atoms with E-state index in [4.69, 9.17) is 16.3 Å². The number of aliphatic hydroxyl groups excluding tert-OH is 1. The molecule has 2 saturated heterocycles. The second-order valence-corrected chi connectivity index (χ2v) is 14.1. The van der Waals surface area contributed by atoms with Crippen molar-refractivity contribution in [1.82, 2.24) is 4.90 Å². The third kappa shape index (κ3) is 5.34. The lowest BCUT2D eigenvalue weighted by atomic mass is 9.78. The monoisotopic (exact) mass is 669 g/mol. The fourth-order valence-electron chi connectivity index (χ4n) is 7.61. The summed E-state index contributed by atoms with van der Waals surface area (Å²) in [6.07, 6.45) is 8.26. The normalized spacial score (nSPS) is 27.3. The van der Waals surface area contributed by atoms with Gasteiger partial charge < -0.3 is 24.5 Å². The van der Waals surface area contributed by atoms with Crippen LogP contribution in [-0.4, -0.2) is 76.1 Å². The van der Waals surface area contributed by atoms with E-state index in [1.54, 1.807) is 26.8 Å². The van der Waals surface area contributed by atoms with Gasteiger partial charge in [0.15, 0.2) is 0 Å². The zero-order valence-electron chi connectivity index (χ0n) is 25.9. The molecule has 3 aromatic carbocycles. The molecular weight excluding hydrogens is 634 g/mol. The lowest BCUT2D eigenvalue weighted by Gasteiger charge is -2.38. The minimum absolute atomic E-state index is 0.163. The van der Waals surface area contributed by atoms with E-state index >= 15 is 0 Å². The fourth-order valence-corrected chi connectivity index (χ4v) is 9.85. The first-order chi connectivity index (χ1) is 22.9. The van der Waals surface area contributed by atoms with Crippen molar-refractivity contribution >= 4 is 52.5 Å². The van der Waals surface area contributed by atoms with Gasteiger partial charge >= 0.3 is 0 Å². The Morgan fingerprint density at radius 3 is 2.36 bits per heavy atom. The molecular formula is C37H36ClN3O5S. The summed E-state index contributed by atoms with van der Waals surface area (Å²) in [6.45, 7) is 2.74. The van der Waals surface area contributed by atoms with E-state index in [1.807, 2.05) is 98.0 Å². The van der Waals surface area contributed by atoms with Crippen molar-refractivity contribution in [2.45, 2.75) is 35.4 Å². The van der Waals surface area contributed by atoms with Gasteiger partial charge in [-0.1, -0.05) is 78.4 Å². The van der Waals surface area contributed by atoms with Crippen LogP contribution in [0.25, 0.3) is 0 Å². The molecule has 4 aliphatic heterocycles. The summed E-state index contributed by atoms with van der Waals surface area (Å²) < 4.78 is 4.58. The van der Waals surface area contributed by atoms with Gasteiger partial charge in [-0.15, -0.1) is 11.8 Å². The molecule has 1 spiro atoms. The molecule has 10 heteroatoms. The first-order valence-corrected chi connectivity index (χ1v) is 17.2. The molecule has 47 heavy (non-hydrogen) atoms. The summed E-state index contributed by atoms with van der Waals surface area (Å²) in [5, 5.41) is 10.9.